The van der Waals surface area contributed by atoms with Gasteiger partial charge in [-0.1, -0.05) is 0 Å². The lowest BCUT2D eigenvalue weighted by Gasteiger charge is -2.29. The van der Waals surface area contributed by atoms with Crippen LogP contribution in [0.4, 0.5) is 4.79 Å². The topological polar surface area (TPSA) is 81.7 Å². The van der Waals surface area contributed by atoms with Gasteiger partial charge in [-0.05, 0) is 27.2 Å². The van der Waals surface area contributed by atoms with Gasteiger partial charge in [0, 0.05) is 6.42 Å². The third-order valence-corrected chi connectivity index (χ3v) is 2.16. The van der Waals surface area contributed by atoms with Crippen molar-refractivity contribution >= 4 is 18.3 Å². The van der Waals surface area contributed by atoms with Crippen molar-refractivity contribution in [1.29, 1.82) is 0 Å². The summed E-state index contributed by atoms with van der Waals surface area (Å²) in [5, 5.41) is 2.53. The minimum Gasteiger partial charge on any atom is -0.452 e. The normalized spacial score (nSPS) is 24.8. The van der Waals surface area contributed by atoms with Gasteiger partial charge in [-0.3, -0.25) is 9.59 Å². The highest BCUT2D eigenvalue weighted by atomic mass is 16.6. The molecule has 0 aromatic carbocycles. The second-order valence-corrected chi connectivity index (χ2v) is 4.88. The SMILES string of the molecule is CC(C)(C)OC(=O)N[C@@H]1CCC(=O)O[C@H]1C=O. The minimum atomic E-state index is -0.927. The maximum absolute atomic E-state index is 11.5. The molecular formula is C11H17NO5. The van der Waals surface area contributed by atoms with E-state index in [0.717, 1.165) is 0 Å². The number of carbonyl (C=O) groups excluding carboxylic acids is 3. The maximum atomic E-state index is 11.5. The summed E-state index contributed by atoms with van der Waals surface area (Å²) in [5.41, 5.74) is -0.605. The molecule has 2 atom stereocenters. The van der Waals surface area contributed by atoms with E-state index in [1.807, 2.05) is 0 Å². The standard InChI is InChI=1S/C11H17NO5/c1-11(2,3)17-10(15)12-7-4-5-9(14)16-8(7)6-13/h6-8H,4-5H2,1-3H3,(H,12,15)/t7-,8+/m1/s1. The van der Waals surface area contributed by atoms with Crippen LogP contribution in [0.5, 0.6) is 0 Å². The number of rotatable bonds is 2. The molecule has 6 heteroatoms. The molecule has 0 aromatic heterocycles. The number of carbonyl (C=O) groups is 3. The van der Waals surface area contributed by atoms with E-state index in [-0.39, 0.29) is 6.42 Å². The smallest absolute Gasteiger partial charge is 0.408 e. The molecule has 1 aliphatic heterocycles. The van der Waals surface area contributed by atoms with Crippen molar-refractivity contribution in [3.05, 3.63) is 0 Å². The fraction of sp³-hybridized carbons (Fsp3) is 0.727. The molecule has 0 aliphatic carbocycles. The molecule has 0 radical (unpaired) electrons. The predicted octanol–water partition coefficient (Wildman–Crippen LogP) is 0.784. The van der Waals surface area contributed by atoms with Crippen LogP contribution >= 0.6 is 0 Å². The molecule has 6 nitrogen and oxygen atoms in total. The average molecular weight is 243 g/mol. The molecule has 96 valence electrons. The van der Waals surface area contributed by atoms with Gasteiger partial charge in [-0.25, -0.2) is 4.79 Å². The highest BCUT2D eigenvalue weighted by Gasteiger charge is 2.32. The van der Waals surface area contributed by atoms with Crippen LogP contribution in [0.25, 0.3) is 0 Å². The first-order chi connectivity index (χ1) is 7.81. The Kier molecular flexibility index (Phi) is 4.09. The second-order valence-electron chi connectivity index (χ2n) is 4.88. The Balaban J connectivity index is 2.52. The zero-order valence-electron chi connectivity index (χ0n) is 10.2. The Morgan fingerprint density at radius 2 is 2.18 bits per heavy atom. The van der Waals surface area contributed by atoms with Crippen LogP contribution in [0.15, 0.2) is 0 Å². The van der Waals surface area contributed by atoms with Crippen LogP contribution in [0, 0.1) is 0 Å². The summed E-state index contributed by atoms with van der Waals surface area (Å²) in [7, 11) is 0. The molecule has 1 N–H and O–H groups in total. The summed E-state index contributed by atoms with van der Waals surface area (Å²) in [6.45, 7) is 5.22. The summed E-state index contributed by atoms with van der Waals surface area (Å²) in [5.74, 6) is -0.427. The maximum Gasteiger partial charge on any atom is 0.408 e. The number of alkyl carbamates (subject to hydrolysis) is 1. The number of amides is 1. The number of ether oxygens (including phenoxy) is 2. The Morgan fingerprint density at radius 1 is 1.53 bits per heavy atom. The Hall–Kier alpha value is -1.59. The zero-order chi connectivity index (χ0) is 13.1. The summed E-state index contributed by atoms with van der Waals surface area (Å²) >= 11 is 0. The molecule has 1 amide bonds. The van der Waals surface area contributed by atoms with E-state index in [0.29, 0.717) is 12.7 Å². The van der Waals surface area contributed by atoms with Crippen molar-refractivity contribution in [2.75, 3.05) is 0 Å². The summed E-state index contributed by atoms with van der Waals surface area (Å²) in [4.78, 5) is 33.2. The molecule has 0 aromatic rings. The van der Waals surface area contributed by atoms with Crippen molar-refractivity contribution in [3.63, 3.8) is 0 Å². The molecule has 17 heavy (non-hydrogen) atoms. The lowest BCUT2D eigenvalue weighted by Crippen LogP contribution is -2.50. The van der Waals surface area contributed by atoms with Gasteiger partial charge in [0.15, 0.2) is 12.4 Å². The molecule has 1 aliphatic rings. The molecule has 0 saturated carbocycles. The van der Waals surface area contributed by atoms with E-state index in [9.17, 15) is 14.4 Å². The Labute approximate surface area is 99.6 Å². The van der Waals surface area contributed by atoms with Gasteiger partial charge in [0.05, 0.1) is 6.04 Å². The van der Waals surface area contributed by atoms with E-state index in [1.165, 1.54) is 0 Å². The monoisotopic (exact) mass is 243 g/mol. The number of esters is 1. The van der Waals surface area contributed by atoms with Crippen LogP contribution < -0.4 is 5.32 Å². The van der Waals surface area contributed by atoms with Crippen LogP contribution in [-0.2, 0) is 19.1 Å². The molecule has 1 rings (SSSR count). The van der Waals surface area contributed by atoms with Crippen LogP contribution in [0.2, 0.25) is 0 Å². The zero-order valence-corrected chi connectivity index (χ0v) is 10.2. The predicted molar refractivity (Wildman–Crippen MR) is 58.3 cm³/mol. The molecule has 1 heterocycles. The molecular weight excluding hydrogens is 226 g/mol. The van der Waals surface area contributed by atoms with Crippen LogP contribution in [0.1, 0.15) is 33.6 Å². The number of nitrogens with one attached hydrogen (secondary N) is 1. The number of hydrogen-bond donors (Lipinski definition) is 1. The first-order valence-corrected chi connectivity index (χ1v) is 5.46. The van der Waals surface area contributed by atoms with Gasteiger partial charge in [0.25, 0.3) is 0 Å². The van der Waals surface area contributed by atoms with Gasteiger partial charge in [0.1, 0.15) is 5.60 Å². The third-order valence-electron chi connectivity index (χ3n) is 2.16. The highest BCUT2D eigenvalue weighted by molar-refractivity contribution is 5.76. The molecule has 1 fully saturated rings. The van der Waals surface area contributed by atoms with Gasteiger partial charge in [-0.2, -0.15) is 0 Å². The average Bonchev–Trinajstić information content (AvgIpc) is 2.17. The quantitative estimate of drug-likeness (QED) is 0.572. The van der Waals surface area contributed by atoms with Crippen molar-refractivity contribution in [2.24, 2.45) is 0 Å². The van der Waals surface area contributed by atoms with E-state index >= 15 is 0 Å². The second kappa shape index (κ2) is 5.16. The van der Waals surface area contributed by atoms with Gasteiger partial charge in [0.2, 0.25) is 0 Å². The summed E-state index contributed by atoms with van der Waals surface area (Å²) in [6.07, 6.45) is -0.471. The van der Waals surface area contributed by atoms with Gasteiger partial charge >= 0.3 is 12.1 Å². The number of cyclic esters (lactones) is 1. The van der Waals surface area contributed by atoms with E-state index < -0.39 is 29.8 Å². The number of aldehydes is 1. The Morgan fingerprint density at radius 3 is 2.71 bits per heavy atom. The number of hydrogen-bond acceptors (Lipinski definition) is 5. The van der Waals surface area contributed by atoms with Gasteiger partial charge in [-0.15, -0.1) is 0 Å². The van der Waals surface area contributed by atoms with Crippen molar-refractivity contribution in [1.82, 2.24) is 5.32 Å². The van der Waals surface area contributed by atoms with Crippen LogP contribution in [0.3, 0.4) is 0 Å². The minimum absolute atomic E-state index is 0.185. The summed E-state index contributed by atoms with van der Waals surface area (Å²) in [6, 6.07) is -0.514. The van der Waals surface area contributed by atoms with Crippen molar-refractivity contribution in [3.8, 4) is 0 Å². The lowest BCUT2D eigenvalue weighted by molar-refractivity contribution is -0.158. The van der Waals surface area contributed by atoms with Gasteiger partial charge < -0.3 is 14.8 Å². The van der Waals surface area contributed by atoms with E-state index in [4.69, 9.17) is 9.47 Å². The van der Waals surface area contributed by atoms with Crippen molar-refractivity contribution < 1.29 is 23.9 Å². The summed E-state index contributed by atoms with van der Waals surface area (Å²) < 4.78 is 9.86. The molecule has 0 unspecified atom stereocenters. The molecule has 0 bridgehead atoms. The van der Waals surface area contributed by atoms with Crippen LogP contribution in [-0.4, -0.2) is 36.1 Å². The largest absolute Gasteiger partial charge is 0.452 e. The first-order valence-electron chi connectivity index (χ1n) is 5.46. The fourth-order valence-electron chi connectivity index (χ4n) is 1.47. The third kappa shape index (κ3) is 4.42. The van der Waals surface area contributed by atoms with Crippen molar-refractivity contribution in [2.45, 2.75) is 51.4 Å². The van der Waals surface area contributed by atoms with E-state index in [2.05, 4.69) is 5.32 Å². The fourth-order valence-corrected chi connectivity index (χ4v) is 1.47. The van der Waals surface area contributed by atoms with E-state index in [1.54, 1.807) is 20.8 Å². The highest BCUT2D eigenvalue weighted by Crippen LogP contribution is 2.15. The first kappa shape index (κ1) is 13.5. The Bertz CT molecular complexity index is 320. The molecule has 1 saturated heterocycles. The lowest BCUT2D eigenvalue weighted by atomic mass is 10.0. The molecule has 0 spiro atoms.